The van der Waals surface area contributed by atoms with Crippen molar-refractivity contribution in [1.29, 1.82) is 0 Å². The van der Waals surface area contributed by atoms with E-state index in [1.807, 2.05) is 0 Å². The molecule has 18 heavy (non-hydrogen) atoms. The van der Waals surface area contributed by atoms with Crippen LogP contribution in [0.25, 0.3) is 0 Å². The van der Waals surface area contributed by atoms with E-state index in [-0.39, 0.29) is 24.5 Å². The zero-order valence-electron chi connectivity index (χ0n) is 9.67. The summed E-state index contributed by atoms with van der Waals surface area (Å²) in [4.78, 5) is 11.0. The molecule has 1 aromatic carbocycles. The van der Waals surface area contributed by atoms with Gasteiger partial charge >= 0.3 is 12.1 Å². The molecule has 0 bridgehead atoms. The topological polar surface area (TPSA) is 64.3 Å². The Morgan fingerprint density at radius 1 is 1.44 bits per heavy atom. The Bertz CT molecular complexity index is 433. The smallest absolute Gasteiger partial charge is 0.416 e. The fraction of sp³-hybridized carbons (Fsp3) is 0.364. The Morgan fingerprint density at radius 3 is 2.61 bits per heavy atom. The van der Waals surface area contributed by atoms with Crippen LogP contribution in [0.1, 0.15) is 12.5 Å². The minimum Gasteiger partial charge on any atom is -0.465 e. The summed E-state index contributed by atoms with van der Waals surface area (Å²) < 4.78 is 41.8. The van der Waals surface area contributed by atoms with E-state index in [0.717, 1.165) is 12.1 Å². The molecule has 100 valence electrons. The van der Waals surface area contributed by atoms with Crippen LogP contribution >= 0.6 is 0 Å². The molecule has 0 aliphatic rings. The first-order chi connectivity index (χ1) is 8.34. The van der Waals surface area contributed by atoms with Gasteiger partial charge in [0.2, 0.25) is 0 Å². The Labute approximate surface area is 102 Å². The summed E-state index contributed by atoms with van der Waals surface area (Å²) >= 11 is 0. The first-order valence-corrected chi connectivity index (χ1v) is 5.20. The molecule has 0 aliphatic carbocycles. The van der Waals surface area contributed by atoms with Crippen LogP contribution in [-0.4, -0.2) is 19.1 Å². The van der Waals surface area contributed by atoms with Gasteiger partial charge in [-0.1, -0.05) is 0 Å². The Hall–Kier alpha value is -1.92. The third kappa shape index (κ3) is 3.83. The highest BCUT2D eigenvalue weighted by molar-refractivity contribution is 5.77. The molecule has 0 atom stereocenters. The van der Waals surface area contributed by atoms with Crippen molar-refractivity contribution in [2.75, 3.05) is 24.2 Å². The van der Waals surface area contributed by atoms with Crippen LogP contribution in [0.4, 0.5) is 24.5 Å². The van der Waals surface area contributed by atoms with E-state index in [9.17, 15) is 18.0 Å². The van der Waals surface area contributed by atoms with Crippen molar-refractivity contribution in [3.63, 3.8) is 0 Å². The molecule has 0 heterocycles. The first-order valence-electron chi connectivity index (χ1n) is 5.20. The average Bonchev–Trinajstić information content (AvgIpc) is 2.26. The number of ether oxygens (including phenoxy) is 1. The van der Waals surface area contributed by atoms with Crippen LogP contribution in [0.15, 0.2) is 18.2 Å². The summed E-state index contributed by atoms with van der Waals surface area (Å²) in [6, 6.07) is 2.88. The zero-order chi connectivity index (χ0) is 13.8. The number of esters is 1. The summed E-state index contributed by atoms with van der Waals surface area (Å²) in [7, 11) is 0. The molecule has 0 aliphatic heterocycles. The first kappa shape index (κ1) is 14.1. The second kappa shape index (κ2) is 5.61. The molecule has 1 rings (SSSR count). The molecule has 4 nitrogen and oxygen atoms in total. The van der Waals surface area contributed by atoms with E-state index in [1.165, 1.54) is 6.07 Å². The summed E-state index contributed by atoms with van der Waals surface area (Å²) in [5.74, 6) is -0.503. The number of halogens is 3. The highest BCUT2D eigenvalue weighted by atomic mass is 19.4. The predicted octanol–water partition coefficient (Wildman–Crippen LogP) is 2.26. The minimum absolute atomic E-state index is 0.0749. The Balaban J connectivity index is 2.72. The van der Waals surface area contributed by atoms with Gasteiger partial charge in [-0.15, -0.1) is 0 Å². The highest BCUT2D eigenvalue weighted by Gasteiger charge is 2.30. The zero-order valence-corrected chi connectivity index (χ0v) is 9.67. The van der Waals surface area contributed by atoms with Gasteiger partial charge in [0.05, 0.1) is 23.5 Å². The van der Waals surface area contributed by atoms with Gasteiger partial charge in [0.1, 0.15) is 6.54 Å². The van der Waals surface area contributed by atoms with Gasteiger partial charge in [-0.25, -0.2) is 0 Å². The number of hydrogen-bond acceptors (Lipinski definition) is 4. The highest BCUT2D eigenvalue weighted by Crippen LogP contribution is 2.32. The van der Waals surface area contributed by atoms with Gasteiger partial charge in [-0.2, -0.15) is 13.2 Å². The predicted molar refractivity (Wildman–Crippen MR) is 61.0 cm³/mol. The maximum atomic E-state index is 12.4. The van der Waals surface area contributed by atoms with Gasteiger partial charge in [0.15, 0.2) is 0 Å². The number of nitrogens with two attached hydrogens (primary N) is 1. The third-order valence-electron chi connectivity index (χ3n) is 2.11. The van der Waals surface area contributed by atoms with Crippen molar-refractivity contribution >= 4 is 17.3 Å². The largest absolute Gasteiger partial charge is 0.465 e. The second-order valence-electron chi connectivity index (χ2n) is 3.46. The van der Waals surface area contributed by atoms with Crippen LogP contribution < -0.4 is 11.1 Å². The number of anilines is 2. The molecule has 3 N–H and O–H groups in total. The normalized spacial score (nSPS) is 11.1. The van der Waals surface area contributed by atoms with Gasteiger partial charge in [-0.3, -0.25) is 4.79 Å². The second-order valence-corrected chi connectivity index (χ2v) is 3.46. The molecule has 0 unspecified atom stereocenters. The summed E-state index contributed by atoms with van der Waals surface area (Å²) in [5, 5.41) is 2.61. The van der Waals surface area contributed by atoms with Crippen LogP contribution in [-0.2, 0) is 15.7 Å². The van der Waals surface area contributed by atoms with E-state index in [4.69, 9.17) is 5.73 Å². The molecule has 0 saturated heterocycles. The van der Waals surface area contributed by atoms with Crippen molar-refractivity contribution < 1.29 is 22.7 Å². The van der Waals surface area contributed by atoms with Gasteiger partial charge in [-0.05, 0) is 25.1 Å². The molecule has 7 heteroatoms. The number of hydrogen-bond donors (Lipinski definition) is 2. The standard InChI is InChI=1S/C11H13F3N2O2/c1-2-18-10(17)6-16-9-4-3-7(5-8(9)15)11(12,13)14/h3-5,16H,2,6,15H2,1H3. The summed E-state index contributed by atoms with van der Waals surface area (Å²) in [5.41, 5.74) is 4.82. The van der Waals surface area contributed by atoms with Crippen molar-refractivity contribution in [3.8, 4) is 0 Å². The molecular weight excluding hydrogens is 249 g/mol. The Kier molecular flexibility index (Phi) is 4.41. The molecule has 0 saturated carbocycles. The molecule has 0 fully saturated rings. The van der Waals surface area contributed by atoms with Gasteiger partial charge in [0, 0.05) is 0 Å². The van der Waals surface area contributed by atoms with E-state index in [1.54, 1.807) is 6.92 Å². The maximum Gasteiger partial charge on any atom is 0.416 e. The van der Waals surface area contributed by atoms with Gasteiger partial charge in [0.25, 0.3) is 0 Å². The van der Waals surface area contributed by atoms with Crippen LogP contribution in [0.5, 0.6) is 0 Å². The number of benzene rings is 1. The van der Waals surface area contributed by atoms with E-state index >= 15 is 0 Å². The number of carbonyl (C=O) groups excluding carboxylic acids is 1. The molecule has 1 aromatic rings. The van der Waals surface area contributed by atoms with E-state index in [0.29, 0.717) is 0 Å². The van der Waals surface area contributed by atoms with Crippen molar-refractivity contribution in [2.45, 2.75) is 13.1 Å². The van der Waals surface area contributed by atoms with Gasteiger partial charge < -0.3 is 15.8 Å². The van der Waals surface area contributed by atoms with Crippen molar-refractivity contribution in [1.82, 2.24) is 0 Å². The fourth-order valence-corrected chi connectivity index (χ4v) is 1.28. The van der Waals surface area contributed by atoms with Crippen LogP contribution in [0.2, 0.25) is 0 Å². The number of nitrogen functional groups attached to an aromatic ring is 1. The van der Waals surface area contributed by atoms with Crippen LogP contribution in [0, 0.1) is 0 Å². The average molecular weight is 262 g/mol. The Morgan fingerprint density at radius 2 is 2.11 bits per heavy atom. The molecular formula is C11H13F3N2O2. The van der Waals surface area contributed by atoms with Crippen molar-refractivity contribution in [2.24, 2.45) is 0 Å². The summed E-state index contributed by atoms with van der Waals surface area (Å²) in [6.45, 7) is 1.75. The van der Waals surface area contributed by atoms with E-state index in [2.05, 4.69) is 10.1 Å². The quantitative estimate of drug-likeness (QED) is 0.645. The number of rotatable bonds is 4. The minimum atomic E-state index is -4.44. The lowest BCUT2D eigenvalue weighted by atomic mass is 10.1. The third-order valence-corrected chi connectivity index (χ3v) is 2.11. The molecule has 0 spiro atoms. The number of nitrogens with one attached hydrogen (secondary N) is 1. The number of alkyl halides is 3. The maximum absolute atomic E-state index is 12.4. The fourth-order valence-electron chi connectivity index (χ4n) is 1.28. The molecule has 0 radical (unpaired) electrons. The van der Waals surface area contributed by atoms with Crippen LogP contribution in [0.3, 0.4) is 0 Å². The SMILES string of the molecule is CCOC(=O)CNc1ccc(C(F)(F)F)cc1N. The number of carbonyl (C=O) groups is 1. The molecule has 0 aromatic heterocycles. The monoisotopic (exact) mass is 262 g/mol. The summed E-state index contributed by atoms with van der Waals surface area (Å²) in [6.07, 6.45) is -4.44. The molecule has 0 amide bonds. The lowest BCUT2D eigenvalue weighted by Gasteiger charge is -2.12. The lowest BCUT2D eigenvalue weighted by Crippen LogP contribution is -2.17. The van der Waals surface area contributed by atoms with E-state index < -0.39 is 17.7 Å². The lowest BCUT2D eigenvalue weighted by molar-refractivity contribution is -0.141. The van der Waals surface area contributed by atoms with Crippen molar-refractivity contribution in [3.05, 3.63) is 23.8 Å².